The van der Waals surface area contributed by atoms with E-state index in [0.717, 1.165) is 36.7 Å². The van der Waals surface area contributed by atoms with Crippen molar-refractivity contribution < 1.29 is 31.1 Å². The first kappa shape index (κ1) is 24.8. The Morgan fingerprint density at radius 1 is 1.09 bits per heavy atom. The van der Waals surface area contributed by atoms with Gasteiger partial charge in [0.15, 0.2) is 6.61 Å². The van der Waals surface area contributed by atoms with Crippen LogP contribution >= 0.6 is 0 Å². The van der Waals surface area contributed by atoms with Crippen LogP contribution in [0.5, 0.6) is 5.75 Å². The molecule has 7 nitrogen and oxygen atoms in total. The molecule has 0 radical (unpaired) electrons. The van der Waals surface area contributed by atoms with Gasteiger partial charge in [-0.15, -0.1) is 0 Å². The SMILES string of the molecule is CN(C)S(=O)(=O)c1ccc(N2CCCCC2)c(C(=O)Nc2cccc(OCC(F)(F)F)c2)c1. The summed E-state index contributed by atoms with van der Waals surface area (Å²) in [5, 5.41) is 2.65. The van der Waals surface area contributed by atoms with Crippen LogP contribution in [0.25, 0.3) is 0 Å². The van der Waals surface area contributed by atoms with Gasteiger partial charge in [-0.3, -0.25) is 4.79 Å². The lowest BCUT2D eigenvalue weighted by Gasteiger charge is -2.30. The third-order valence-corrected chi connectivity index (χ3v) is 6.99. The monoisotopic (exact) mass is 485 g/mol. The zero-order chi connectivity index (χ0) is 24.2. The van der Waals surface area contributed by atoms with E-state index in [-0.39, 0.29) is 21.9 Å². The summed E-state index contributed by atoms with van der Waals surface area (Å²) >= 11 is 0. The molecule has 11 heteroatoms. The lowest BCUT2D eigenvalue weighted by atomic mass is 10.1. The first-order chi connectivity index (χ1) is 15.5. The highest BCUT2D eigenvalue weighted by Crippen LogP contribution is 2.29. The van der Waals surface area contributed by atoms with Crippen LogP contribution in [0.3, 0.4) is 0 Å². The van der Waals surface area contributed by atoms with E-state index in [4.69, 9.17) is 4.74 Å². The lowest BCUT2D eigenvalue weighted by molar-refractivity contribution is -0.153. The highest BCUT2D eigenvalue weighted by atomic mass is 32.2. The predicted octanol–water partition coefficient (Wildman–Crippen LogP) is 4.12. The van der Waals surface area contributed by atoms with E-state index in [2.05, 4.69) is 5.32 Å². The maximum Gasteiger partial charge on any atom is 0.422 e. The third kappa shape index (κ3) is 6.38. The minimum Gasteiger partial charge on any atom is -0.484 e. The van der Waals surface area contributed by atoms with E-state index in [1.807, 2.05) is 4.90 Å². The third-order valence-electron chi connectivity index (χ3n) is 5.18. The number of rotatable bonds is 7. The number of carbonyl (C=O) groups is 1. The number of halogens is 3. The first-order valence-corrected chi connectivity index (χ1v) is 11.8. The number of piperidine rings is 1. The Morgan fingerprint density at radius 2 is 1.79 bits per heavy atom. The van der Waals surface area contributed by atoms with Crippen molar-refractivity contribution in [1.82, 2.24) is 4.31 Å². The number of amides is 1. The van der Waals surface area contributed by atoms with Crippen LogP contribution in [0, 0.1) is 0 Å². The summed E-state index contributed by atoms with van der Waals surface area (Å²) in [5.41, 5.74) is 1.00. The maximum absolute atomic E-state index is 13.2. The van der Waals surface area contributed by atoms with E-state index in [9.17, 15) is 26.4 Å². The van der Waals surface area contributed by atoms with Crippen LogP contribution in [0.2, 0.25) is 0 Å². The molecular weight excluding hydrogens is 459 g/mol. The van der Waals surface area contributed by atoms with Crippen molar-refractivity contribution in [3.8, 4) is 5.75 Å². The van der Waals surface area contributed by atoms with Gasteiger partial charge in [0.05, 0.1) is 10.5 Å². The Balaban J connectivity index is 1.91. The van der Waals surface area contributed by atoms with Gasteiger partial charge < -0.3 is 15.0 Å². The molecule has 0 aliphatic carbocycles. The number of alkyl halides is 3. The molecule has 0 aromatic heterocycles. The number of hydrogen-bond acceptors (Lipinski definition) is 5. The Bertz CT molecular complexity index is 1100. The smallest absolute Gasteiger partial charge is 0.422 e. The van der Waals surface area contributed by atoms with Gasteiger partial charge in [0, 0.05) is 44.6 Å². The zero-order valence-corrected chi connectivity index (χ0v) is 19.2. The lowest BCUT2D eigenvalue weighted by Crippen LogP contribution is -2.32. The average Bonchev–Trinajstić information content (AvgIpc) is 2.77. The summed E-state index contributed by atoms with van der Waals surface area (Å²) < 4.78 is 68.3. The van der Waals surface area contributed by atoms with Crippen molar-refractivity contribution in [3.63, 3.8) is 0 Å². The largest absolute Gasteiger partial charge is 0.484 e. The summed E-state index contributed by atoms with van der Waals surface area (Å²) in [4.78, 5) is 15.2. The van der Waals surface area contributed by atoms with Crippen LogP contribution in [-0.2, 0) is 10.0 Å². The van der Waals surface area contributed by atoms with Gasteiger partial charge in [0.1, 0.15) is 5.75 Å². The quantitative estimate of drug-likeness (QED) is 0.638. The number of carbonyl (C=O) groups excluding carboxylic acids is 1. The number of anilines is 2. The van der Waals surface area contributed by atoms with E-state index in [1.54, 1.807) is 6.07 Å². The topological polar surface area (TPSA) is 79.0 Å². The maximum atomic E-state index is 13.2. The van der Waals surface area contributed by atoms with E-state index in [0.29, 0.717) is 5.69 Å². The predicted molar refractivity (Wildman–Crippen MR) is 119 cm³/mol. The van der Waals surface area contributed by atoms with Gasteiger partial charge in [-0.2, -0.15) is 13.2 Å². The molecule has 1 N–H and O–H groups in total. The van der Waals surface area contributed by atoms with Crippen LogP contribution in [-0.4, -0.2) is 58.6 Å². The fraction of sp³-hybridized carbons (Fsp3) is 0.409. The molecule has 1 saturated heterocycles. The van der Waals surface area contributed by atoms with E-state index >= 15 is 0 Å². The molecule has 1 fully saturated rings. The van der Waals surface area contributed by atoms with Gasteiger partial charge in [-0.1, -0.05) is 6.07 Å². The summed E-state index contributed by atoms with van der Waals surface area (Å²) in [5.74, 6) is -0.621. The van der Waals surface area contributed by atoms with Crippen molar-refractivity contribution in [3.05, 3.63) is 48.0 Å². The first-order valence-electron chi connectivity index (χ1n) is 10.4. The van der Waals surface area contributed by atoms with Gasteiger partial charge in [-0.05, 0) is 49.6 Å². The summed E-state index contributed by atoms with van der Waals surface area (Å²) in [6, 6.07) is 10.0. The molecule has 0 saturated carbocycles. The highest BCUT2D eigenvalue weighted by Gasteiger charge is 2.28. The van der Waals surface area contributed by atoms with E-state index in [1.165, 1.54) is 50.5 Å². The Kier molecular flexibility index (Phi) is 7.53. The normalized spacial score (nSPS) is 14.9. The Labute approximate surface area is 191 Å². The number of benzene rings is 2. The van der Waals surface area contributed by atoms with E-state index < -0.39 is 28.7 Å². The minimum atomic E-state index is -4.49. The molecule has 2 aromatic rings. The second-order valence-corrected chi connectivity index (χ2v) is 10.1. The second kappa shape index (κ2) is 10.0. The molecule has 0 bridgehead atoms. The number of ether oxygens (including phenoxy) is 1. The van der Waals surface area contributed by atoms with Crippen molar-refractivity contribution in [2.45, 2.75) is 30.3 Å². The van der Waals surface area contributed by atoms with Crippen LogP contribution in [0.1, 0.15) is 29.6 Å². The molecule has 1 aliphatic heterocycles. The zero-order valence-electron chi connectivity index (χ0n) is 18.4. The molecule has 2 aromatic carbocycles. The number of nitrogens with zero attached hydrogens (tertiary/aromatic N) is 2. The van der Waals surface area contributed by atoms with Crippen molar-refractivity contribution in [2.24, 2.45) is 0 Å². The molecule has 1 heterocycles. The van der Waals surface area contributed by atoms with Crippen LogP contribution in [0.4, 0.5) is 24.5 Å². The fourth-order valence-electron chi connectivity index (χ4n) is 3.51. The Hall–Kier alpha value is -2.79. The molecule has 0 spiro atoms. The molecule has 3 rings (SSSR count). The minimum absolute atomic E-state index is 0.0272. The van der Waals surface area contributed by atoms with Crippen molar-refractivity contribution >= 4 is 27.3 Å². The second-order valence-electron chi connectivity index (χ2n) is 7.90. The number of sulfonamides is 1. The van der Waals surface area contributed by atoms with Gasteiger partial charge >= 0.3 is 6.18 Å². The van der Waals surface area contributed by atoms with Crippen LogP contribution < -0.4 is 15.0 Å². The van der Waals surface area contributed by atoms with Gasteiger partial charge in [0.25, 0.3) is 5.91 Å². The highest BCUT2D eigenvalue weighted by molar-refractivity contribution is 7.89. The standard InChI is InChI=1S/C22H26F3N3O4S/c1-27(2)33(30,31)18-9-10-20(28-11-4-3-5-12-28)19(14-18)21(29)26-16-7-6-8-17(13-16)32-15-22(23,24)25/h6-10,13-14H,3-5,11-12,15H2,1-2H3,(H,26,29). The number of hydrogen-bond donors (Lipinski definition) is 1. The number of nitrogens with one attached hydrogen (secondary N) is 1. The fourth-order valence-corrected chi connectivity index (χ4v) is 4.43. The summed E-state index contributed by atoms with van der Waals surface area (Å²) in [7, 11) is -0.967. The van der Waals surface area contributed by atoms with Crippen LogP contribution in [0.15, 0.2) is 47.4 Å². The average molecular weight is 486 g/mol. The molecule has 0 atom stereocenters. The van der Waals surface area contributed by atoms with Crippen molar-refractivity contribution in [1.29, 1.82) is 0 Å². The molecule has 180 valence electrons. The Morgan fingerprint density at radius 3 is 2.42 bits per heavy atom. The molecule has 0 unspecified atom stereocenters. The molecule has 33 heavy (non-hydrogen) atoms. The molecule has 1 aliphatic rings. The van der Waals surface area contributed by atoms with Crippen molar-refractivity contribution in [2.75, 3.05) is 44.0 Å². The van der Waals surface area contributed by atoms with Gasteiger partial charge in [-0.25, -0.2) is 12.7 Å². The molecular formula is C22H26F3N3O4S. The van der Waals surface area contributed by atoms with Gasteiger partial charge in [0.2, 0.25) is 10.0 Å². The summed E-state index contributed by atoms with van der Waals surface area (Å²) in [6.45, 7) is 0.0234. The summed E-state index contributed by atoms with van der Waals surface area (Å²) in [6.07, 6.45) is -1.49. The molecule has 1 amide bonds.